The lowest BCUT2D eigenvalue weighted by atomic mass is 9.76. The van der Waals surface area contributed by atoms with E-state index in [0.29, 0.717) is 11.2 Å². The molecule has 1 saturated heterocycles. The third kappa shape index (κ3) is 5.57. The van der Waals surface area contributed by atoms with Crippen molar-refractivity contribution in [2.45, 2.75) is 90.2 Å². The van der Waals surface area contributed by atoms with Crippen LogP contribution >= 0.6 is 0 Å². The molecule has 2 aromatic carbocycles. The van der Waals surface area contributed by atoms with E-state index in [-0.39, 0.29) is 16.7 Å². The molecule has 2 amide bonds. The van der Waals surface area contributed by atoms with Gasteiger partial charge in [0.1, 0.15) is 0 Å². The van der Waals surface area contributed by atoms with Crippen molar-refractivity contribution in [3.8, 4) is 0 Å². The first-order chi connectivity index (χ1) is 16.1. The van der Waals surface area contributed by atoms with Crippen molar-refractivity contribution in [2.24, 2.45) is 0 Å². The summed E-state index contributed by atoms with van der Waals surface area (Å²) in [4.78, 5) is 12.8. The molecule has 7 nitrogen and oxygen atoms in total. The second-order valence-electron chi connectivity index (χ2n) is 10.8. The largest absolute Gasteiger partial charge is 0.495 e. The minimum Gasteiger partial charge on any atom is -0.399 e. The van der Waals surface area contributed by atoms with E-state index in [0.717, 1.165) is 16.7 Å². The highest BCUT2D eigenvalue weighted by molar-refractivity contribution is 7.90. The lowest BCUT2D eigenvalue weighted by Gasteiger charge is -2.32. The van der Waals surface area contributed by atoms with Gasteiger partial charge in [-0.05, 0) is 75.2 Å². The first-order valence-corrected chi connectivity index (χ1v) is 13.5. The number of aryl methyl sites for hydroxylation is 1. The minimum atomic E-state index is -4.15. The lowest BCUT2D eigenvalue weighted by molar-refractivity contribution is 0.00578. The molecule has 0 spiro atoms. The third-order valence-corrected chi connectivity index (χ3v) is 8.24. The molecule has 0 saturated carbocycles. The second-order valence-corrected chi connectivity index (χ2v) is 12.5. The summed E-state index contributed by atoms with van der Waals surface area (Å²) in [6.07, 6.45) is 0. The molecule has 1 heterocycles. The average molecular weight is 500 g/mol. The smallest absolute Gasteiger partial charge is 0.399 e. The van der Waals surface area contributed by atoms with Gasteiger partial charge in [0.25, 0.3) is 10.0 Å². The first kappa shape index (κ1) is 27.2. The Morgan fingerprint density at radius 1 is 0.914 bits per heavy atom. The molecule has 0 bridgehead atoms. The maximum absolute atomic E-state index is 13.1. The van der Waals surface area contributed by atoms with Crippen molar-refractivity contribution in [3.05, 3.63) is 53.1 Å². The topological polar surface area (TPSA) is 93.7 Å². The number of rotatable bonds is 6. The van der Waals surface area contributed by atoms with Gasteiger partial charge in [0, 0.05) is 5.69 Å². The maximum atomic E-state index is 13.1. The summed E-state index contributed by atoms with van der Waals surface area (Å²) in [5, 5.41) is 2.79. The molecule has 0 unspecified atom stereocenters. The monoisotopic (exact) mass is 500 g/mol. The number of hydrogen-bond acceptors (Lipinski definition) is 5. The number of urea groups is 1. The fourth-order valence-corrected chi connectivity index (χ4v) is 4.97. The van der Waals surface area contributed by atoms with E-state index in [2.05, 4.69) is 10.0 Å². The van der Waals surface area contributed by atoms with Crippen LogP contribution in [0.2, 0.25) is 0 Å². The van der Waals surface area contributed by atoms with Crippen molar-refractivity contribution in [1.82, 2.24) is 4.72 Å². The molecule has 190 valence electrons. The molecule has 0 aliphatic carbocycles. The number of carbonyl (C=O) groups excluding carboxylic acids is 1. The molecular formula is C26H37BN2O5S. The van der Waals surface area contributed by atoms with Gasteiger partial charge in [-0.1, -0.05) is 57.5 Å². The summed E-state index contributed by atoms with van der Waals surface area (Å²) in [5.41, 5.74) is 2.86. The van der Waals surface area contributed by atoms with Crippen molar-refractivity contribution in [2.75, 3.05) is 5.32 Å². The number of sulfonamides is 1. The van der Waals surface area contributed by atoms with Gasteiger partial charge in [-0.15, -0.1) is 0 Å². The van der Waals surface area contributed by atoms with Crippen molar-refractivity contribution < 1.29 is 22.5 Å². The number of nitrogens with one attached hydrogen (secondary N) is 2. The predicted molar refractivity (Wildman–Crippen MR) is 141 cm³/mol. The quantitative estimate of drug-likeness (QED) is 0.542. The number of para-hydroxylation sites is 1. The third-order valence-electron chi connectivity index (χ3n) is 6.91. The summed E-state index contributed by atoms with van der Waals surface area (Å²) in [5.74, 6) is 0.306. The molecule has 35 heavy (non-hydrogen) atoms. The molecule has 1 aliphatic heterocycles. The van der Waals surface area contributed by atoms with Crippen LogP contribution < -0.4 is 15.5 Å². The summed E-state index contributed by atoms with van der Waals surface area (Å²) >= 11 is 0. The van der Waals surface area contributed by atoms with Gasteiger partial charge in [0.05, 0.1) is 16.1 Å². The maximum Gasteiger partial charge on any atom is 0.495 e. The summed E-state index contributed by atoms with van der Waals surface area (Å²) in [6.45, 7) is 17.7. The molecule has 2 aromatic rings. The standard InChI is InChI=1S/C26H37BN2O5S/c1-16(2)20-11-10-12-21(17(3)4)23(20)28-24(30)29-35(31,32)19-14-13-18(5)22(15-19)27-33-25(6,7)26(8,9)34-27/h10-17H,1-9H3,(H2,28,29,30). The Hall–Kier alpha value is -2.36. The molecule has 0 aromatic heterocycles. The SMILES string of the molecule is Cc1ccc(S(=O)(=O)NC(=O)Nc2c(C(C)C)cccc2C(C)C)cc1B1OC(C)(C)C(C)(C)O1. The highest BCUT2D eigenvalue weighted by Gasteiger charge is 2.52. The van der Waals surface area contributed by atoms with Crippen LogP contribution in [0.25, 0.3) is 0 Å². The highest BCUT2D eigenvalue weighted by atomic mass is 32.2. The number of anilines is 1. The Bertz CT molecular complexity index is 1180. The molecule has 0 radical (unpaired) electrons. The number of amides is 2. The molecule has 9 heteroatoms. The van der Waals surface area contributed by atoms with E-state index in [1.807, 2.05) is 80.5 Å². The van der Waals surface area contributed by atoms with Gasteiger partial charge in [-0.25, -0.2) is 17.9 Å². The number of hydrogen-bond donors (Lipinski definition) is 2. The Balaban J connectivity index is 1.87. The van der Waals surface area contributed by atoms with Crippen molar-refractivity contribution in [3.63, 3.8) is 0 Å². The van der Waals surface area contributed by atoms with Gasteiger partial charge >= 0.3 is 13.1 Å². The predicted octanol–water partition coefficient (Wildman–Crippen LogP) is 5.05. The fourth-order valence-electron chi connectivity index (χ4n) is 4.03. The first-order valence-electron chi connectivity index (χ1n) is 12.0. The van der Waals surface area contributed by atoms with Crippen LogP contribution in [0.15, 0.2) is 41.3 Å². The molecular weight excluding hydrogens is 463 g/mol. The van der Waals surface area contributed by atoms with Gasteiger partial charge in [0.15, 0.2) is 0 Å². The minimum absolute atomic E-state index is 0.0378. The Morgan fingerprint density at radius 3 is 1.91 bits per heavy atom. The Kier molecular flexibility index (Phi) is 7.47. The zero-order chi connectivity index (χ0) is 26.3. The van der Waals surface area contributed by atoms with Crippen LogP contribution in [0.4, 0.5) is 10.5 Å². The summed E-state index contributed by atoms with van der Waals surface area (Å²) in [6, 6.07) is 9.70. The molecule has 0 atom stereocenters. The highest BCUT2D eigenvalue weighted by Crippen LogP contribution is 2.37. The van der Waals surface area contributed by atoms with Gasteiger partial charge < -0.3 is 14.6 Å². The molecule has 1 aliphatic rings. The lowest BCUT2D eigenvalue weighted by Crippen LogP contribution is -2.41. The van der Waals surface area contributed by atoms with Gasteiger partial charge in [-0.3, -0.25) is 0 Å². The second kappa shape index (κ2) is 9.60. The molecule has 2 N–H and O–H groups in total. The average Bonchev–Trinajstić information content (AvgIpc) is 2.94. The van der Waals surface area contributed by atoms with Gasteiger partial charge in [0.2, 0.25) is 0 Å². The van der Waals surface area contributed by atoms with Crippen molar-refractivity contribution in [1.29, 1.82) is 0 Å². The summed E-state index contributed by atoms with van der Waals surface area (Å²) in [7, 11) is -4.86. The van der Waals surface area contributed by atoms with Crippen LogP contribution in [0.5, 0.6) is 0 Å². The van der Waals surface area contributed by atoms with E-state index in [4.69, 9.17) is 9.31 Å². The van der Waals surface area contributed by atoms with Crippen molar-refractivity contribution >= 4 is 34.3 Å². The summed E-state index contributed by atoms with van der Waals surface area (Å²) < 4.78 is 40.7. The number of carbonyl (C=O) groups is 1. The van der Waals surface area contributed by atoms with Crippen LogP contribution in [-0.4, -0.2) is 32.8 Å². The van der Waals surface area contributed by atoms with Crippen LogP contribution in [0.3, 0.4) is 0 Å². The van der Waals surface area contributed by atoms with E-state index >= 15 is 0 Å². The molecule has 3 rings (SSSR count). The van der Waals surface area contributed by atoms with E-state index in [1.54, 1.807) is 6.07 Å². The van der Waals surface area contributed by atoms with E-state index in [1.165, 1.54) is 12.1 Å². The Labute approximate surface area is 210 Å². The zero-order valence-corrected chi connectivity index (χ0v) is 23.0. The zero-order valence-electron chi connectivity index (χ0n) is 22.1. The Morgan fingerprint density at radius 2 is 1.43 bits per heavy atom. The number of benzene rings is 2. The van der Waals surface area contributed by atoms with Crippen LogP contribution in [-0.2, 0) is 19.3 Å². The molecule has 1 fully saturated rings. The van der Waals surface area contributed by atoms with Crippen LogP contribution in [0.1, 0.15) is 83.9 Å². The normalized spacial score (nSPS) is 17.2. The van der Waals surface area contributed by atoms with E-state index < -0.39 is 34.4 Å². The fraction of sp³-hybridized carbons (Fsp3) is 0.500. The van der Waals surface area contributed by atoms with Crippen LogP contribution in [0, 0.1) is 6.92 Å². The van der Waals surface area contributed by atoms with E-state index in [9.17, 15) is 13.2 Å². The van der Waals surface area contributed by atoms with Gasteiger partial charge in [-0.2, -0.15) is 0 Å².